The summed E-state index contributed by atoms with van der Waals surface area (Å²) in [6.07, 6.45) is -4.28. The second-order valence-electron chi connectivity index (χ2n) is 7.71. The summed E-state index contributed by atoms with van der Waals surface area (Å²) in [5.74, 6) is -0.922. The summed E-state index contributed by atoms with van der Waals surface area (Å²) in [7, 11) is 0. The highest BCUT2D eigenvalue weighted by Gasteiger charge is 2.32. The molecule has 0 spiro atoms. The summed E-state index contributed by atoms with van der Waals surface area (Å²) < 4.78 is 47.1. The van der Waals surface area contributed by atoms with Crippen molar-refractivity contribution in [3.05, 3.63) is 56.4 Å². The standard InChI is InChI=1S/C21H19Cl2F3N2O4/c1-20(2,3)32-19(30)17(6-7-31-21(24,25)26)28-11-16(23)15(9-18(28)29)14-8-13(22)5-4-12(14)10-27/h4-5,8-9,11,17H,6-7H2,1-3H3. The minimum absolute atomic E-state index is 0.0198. The third kappa shape index (κ3) is 6.99. The van der Waals surface area contributed by atoms with Crippen molar-refractivity contribution in [2.75, 3.05) is 6.61 Å². The molecule has 1 aromatic heterocycles. The molecule has 32 heavy (non-hydrogen) atoms. The van der Waals surface area contributed by atoms with Crippen LogP contribution >= 0.6 is 23.2 Å². The van der Waals surface area contributed by atoms with Crippen molar-refractivity contribution < 1.29 is 27.4 Å². The van der Waals surface area contributed by atoms with Crippen LogP contribution in [0, 0.1) is 11.3 Å². The molecular weight excluding hydrogens is 472 g/mol. The minimum atomic E-state index is -4.90. The van der Waals surface area contributed by atoms with E-state index < -0.39 is 42.6 Å². The molecule has 1 unspecified atom stereocenters. The van der Waals surface area contributed by atoms with E-state index in [4.69, 9.17) is 27.9 Å². The first-order chi connectivity index (χ1) is 14.7. The van der Waals surface area contributed by atoms with E-state index in [1.807, 2.05) is 6.07 Å². The number of halogens is 5. The first kappa shape index (κ1) is 25.7. The Kier molecular flexibility index (Phi) is 7.99. The maximum atomic E-state index is 12.8. The number of nitriles is 1. The van der Waals surface area contributed by atoms with Gasteiger partial charge in [-0.2, -0.15) is 5.26 Å². The summed E-state index contributed by atoms with van der Waals surface area (Å²) in [4.78, 5) is 25.5. The summed E-state index contributed by atoms with van der Waals surface area (Å²) in [5, 5.41) is 9.61. The smallest absolute Gasteiger partial charge is 0.458 e. The highest BCUT2D eigenvalue weighted by atomic mass is 35.5. The van der Waals surface area contributed by atoms with Gasteiger partial charge in [-0.25, -0.2) is 4.79 Å². The molecular formula is C21H19Cl2F3N2O4. The molecule has 0 amide bonds. The molecule has 1 atom stereocenters. The van der Waals surface area contributed by atoms with Gasteiger partial charge in [0.2, 0.25) is 0 Å². The molecule has 0 aliphatic rings. The van der Waals surface area contributed by atoms with Gasteiger partial charge in [-0.05, 0) is 39.0 Å². The van der Waals surface area contributed by atoms with Gasteiger partial charge in [0.25, 0.3) is 5.56 Å². The molecule has 0 N–H and O–H groups in total. The fourth-order valence-electron chi connectivity index (χ4n) is 2.84. The highest BCUT2D eigenvalue weighted by molar-refractivity contribution is 6.33. The summed E-state index contributed by atoms with van der Waals surface area (Å²) >= 11 is 12.3. The summed E-state index contributed by atoms with van der Waals surface area (Å²) in [5.41, 5.74) is -1.01. The predicted octanol–water partition coefficient (Wildman–Crippen LogP) is 5.50. The van der Waals surface area contributed by atoms with Crippen LogP contribution < -0.4 is 5.56 Å². The van der Waals surface area contributed by atoms with Gasteiger partial charge in [0, 0.05) is 34.8 Å². The molecule has 11 heteroatoms. The topological polar surface area (TPSA) is 81.3 Å². The van der Waals surface area contributed by atoms with E-state index in [2.05, 4.69) is 4.74 Å². The number of aromatic nitrogens is 1. The lowest BCUT2D eigenvalue weighted by molar-refractivity contribution is -0.325. The number of ether oxygens (including phenoxy) is 2. The number of hydrogen-bond donors (Lipinski definition) is 0. The van der Waals surface area contributed by atoms with Gasteiger partial charge >= 0.3 is 12.3 Å². The molecule has 0 aliphatic carbocycles. The zero-order valence-corrected chi connectivity index (χ0v) is 18.8. The van der Waals surface area contributed by atoms with E-state index in [1.165, 1.54) is 18.2 Å². The monoisotopic (exact) mass is 490 g/mol. The van der Waals surface area contributed by atoms with Gasteiger partial charge in [0.05, 0.1) is 23.3 Å². The van der Waals surface area contributed by atoms with Crippen LogP contribution in [0.4, 0.5) is 13.2 Å². The van der Waals surface area contributed by atoms with Crippen LogP contribution in [0.3, 0.4) is 0 Å². The average Bonchev–Trinajstić information content (AvgIpc) is 2.64. The van der Waals surface area contributed by atoms with E-state index in [1.54, 1.807) is 20.8 Å². The van der Waals surface area contributed by atoms with Crippen LogP contribution in [0.5, 0.6) is 0 Å². The maximum absolute atomic E-state index is 12.8. The number of esters is 1. The van der Waals surface area contributed by atoms with Crippen LogP contribution in [-0.2, 0) is 14.3 Å². The first-order valence-electron chi connectivity index (χ1n) is 9.27. The van der Waals surface area contributed by atoms with E-state index in [0.717, 1.165) is 16.8 Å². The van der Waals surface area contributed by atoms with Crippen LogP contribution in [0.1, 0.15) is 38.8 Å². The second-order valence-corrected chi connectivity index (χ2v) is 8.56. The van der Waals surface area contributed by atoms with Gasteiger partial charge in [0.1, 0.15) is 11.6 Å². The number of carbonyl (C=O) groups excluding carboxylic acids is 1. The van der Waals surface area contributed by atoms with E-state index >= 15 is 0 Å². The lowest BCUT2D eigenvalue weighted by Crippen LogP contribution is -2.35. The fraction of sp³-hybridized carbons (Fsp3) is 0.381. The van der Waals surface area contributed by atoms with Gasteiger partial charge in [0.15, 0.2) is 0 Å². The summed E-state index contributed by atoms with van der Waals surface area (Å²) in [6, 6.07) is 6.03. The van der Waals surface area contributed by atoms with Crippen molar-refractivity contribution in [3.63, 3.8) is 0 Å². The second kappa shape index (κ2) is 9.94. The van der Waals surface area contributed by atoms with E-state index in [0.29, 0.717) is 10.6 Å². The van der Waals surface area contributed by atoms with Gasteiger partial charge < -0.3 is 4.74 Å². The number of alkyl halides is 3. The van der Waals surface area contributed by atoms with E-state index in [9.17, 15) is 28.0 Å². The van der Waals surface area contributed by atoms with Crippen molar-refractivity contribution in [1.29, 1.82) is 5.26 Å². The normalized spacial score (nSPS) is 12.8. The Hall–Kier alpha value is -2.54. The fourth-order valence-corrected chi connectivity index (χ4v) is 3.27. The molecule has 172 valence electrons. The molecule has 0 aliphatic heterocycles. The largest absolute Gasteiger partial charge is 0.522 e. The number of carbonyl (C=O) groups is 1. The number of nitrogens with zero attached hydrogens (tertiary/aromatic N) is 2. The Morgan fingerprint density at radius 2 is 1.84 bits per heavy atom. The molecule has 6 nitrogen and oxygen atoms in total. The molecule has 0 saturated heterocycles. The van der Waals surface area contributed by atoms with Crippen LogP contribution in [0.25, 0.3) is 11.1 Å². The van der Waals surface area contributed by atoms with Gasteiger partial charge in [-0.15, -0.1) is 13.2 Å². The van der Waals surface area contributed by atoms with Crippen molar-refractivity contribution >= 4 is 29.2 Å². The number of benzene rings is 1. The van der Waals surface area contributed by atoms with Crippen molar-refractivity contribution in [2.45, 2.75) is 45.2 Å². The molecule has 2 aromatic rings. The molecule has 0 bridgehead atoms. The Morgan fingerprint density at radius 1 is 1.19 bits per heavy atom. The van der Waals surface area contributed by atoms with Gasteiger partial charge in [-0.1, -0.05) is 23.2 Å². The Labute approximate surface area is 192 Å². The Bertz CT molecular complexity index is 1100. The van der Waals surface area contributed by atoms with Crippen molar-refractivity contribution in [1.82, 2.24) is 4.57 Å². The summed E-state index contributed by atoms with van der Waals surface area (Å²) in [6.45, 7) is 3.85. The lowest BCUT2D eigenvalue weighted by Gasteiger charge is -2.25. The molecule has 1 heterocycles. The highest BCUT2D eigenvalue weighted by Crippen LogP contribution is 2.32. The molecule has 0 radical (unpaired) electrons. The maximum Gasteiger partial charge on any atom is 0.522 e. The van der Waals surface area contributed by atoms with Crippen LogP contribution in [-0.4, -0.2) is 29.1 Å². The van der Waals surface area contributed by atoms with Gasteiger partial charge in [-0.3, -0.25) is 14.1 Å². The first-order valence-corrected chi connectivity index (χ1v) is 10.0. The number of pyridine rings is 1. The zero-order chi connectivity index (χ0) is 24.3. The number of hydrogen-bond acceptors (Lipinski definition) is 5. The number of rotatable bonds is 6. The third-order valence-electron chi connectivity index (χ3n) is 4.10. The van der Waals surface area contributed by atoms with Crippen LogP contribution in [0.2, 0.25) is 10.0 Å². The van der Waals surface area contributed by atoms with E-state index in [-0.39, 0.29) is 16.1 Å². The molecule has 0 fully saturated rings. The quantitative estimate of drug-likeness (QED) is 0.499. The molecule has 0 saturated carbocycles. The third-order valence-corrected chi connectivity index (χ3v) is 4.63. The lowest BCUT2D eigenvalue weighted by atomic mass is 10.0. The Balaban J connectivity index is 2.51. The van der Waals surface area contributed by atoms with Crippen LogP contribution in [0.15, 0.2) is 35.3 Å². The average molecular weight is 491 g/mol. The SMILES string of the molecule is CC(C)(C)OC(=O)C(CCOC(F)(F)F)n1cc(Cl)c(-c2cc(Cl)ccc2C#N)cc1=O. The Morgan fingerprint density at radius 3 is 2.41 bits per heavy atom. The minimum Gasteiger partial charge on any atom is -0.458 e. The molecule has 2 rings (SSSR count). The zero-order valence-electron chi connectivity index (χ0n) is 17.3. The van der Waals surface area contributed by atoms with Crippen molar-refractivity contribution in [3.8, 4) is 17.2 Å². The molecule has 1 aromatic carbocycles. The predicted molar refractivity (Wildman–Crippen MR) is 112 cm³/mol. The van der Waals surface area contributed by atoms with Crippen molar-refractivity contribution in [2.24, 2.45) is 0 Å².